The molecule has 1 heterocycles. The van der Waals surface area contributed by atoms with E-state index in [1.54, 1.807) is 20.3 Å². The summed E-state index contributed by atoms with van der Waals surface area (Å²) < 4.78 is 17.1. The number of benzene rings is 2. The molecule has 0 aliphatic heterocycles. The normalized spacial score (nSPS) is 14.2. The maximum Gasteiger partial charge on any atom is 0.249 e. The molecule has 3 aromatic carbocycles. The number of aryl methyl sites for hydroxylation is 3. The van der Waals surface area contributed by atoms with Crippen molar-refractivity contribution >= 4 is 23.5 Å². The fourth-order valence-corrected chi connectivity index (χ4v) is 6.09. The van der Waals surface area contributed by atoms with Crippen LogP contribution in [0.3, 0.4) is 0 Å². The first-order valence-electron chi connectivity index (χ1n) is 15.9. The van der Waals surface area contributed by atoms with E-state index >= 15 is 0 Å². The van der Waals surface area contributed by atoms with Crippen molar-refractivity contribution in [1.29, 1.82) is 0 Å². The molecule has 0 spiro atoms. The third kappa shape index (κ3) is 7.43. The van der Waals surface area contributed by atoms with E-state index < -0.39 is 12.1 Å². The number of aromatic nitrogens is 3. The Morgan fingerprint density at radius 1 is 0.979 bits per heavy atom. The van der Waals surface area contributed by atoms with Gasteiger partial charge in [-0.3, -0.25) is 24.8 Å². The topological polar surface area (TPSA) is 157 Å². The number of fused-ring (bicyclic) bond motifs is 3. The maximum atomic E-state index is 13.8. The summed E-state index contributed by atoms with van der Waals surface area (Å²) in [5.41, 5.74) is 4.04. The molecule has 0 bridgehead atoms. The van der Waals surface area contributed by atoms with Crippen molar-refractivity contribution in [2.45, 2.75) is 58.5 Å². The molecule has 5 rings (SSSR count). The van der Waals surface area contributed by atoms with Crippen molar-refractivity contribution in [2.24, 2.45) is 5.92 Å². The van der Waals surface area contributed by atoms with Crippen molar-refractivity contribution in [1.82, 2.24) is 20.5 Å². The van der Waals surface area contributed by atoms with Crippen LogP contribution < -0.4 is 35.6 Å². The lowest BCUT2D eigenvalue weighted by molar-refractivity contribution is -0.120. The molecule has 12 heteroatoms. The third-order valence-electron chi connectivity index (χ3n) is 8.44. The van der Waals surface area contributed by atoms with E-state index in [9.17, 15) is 14.4 Å². The Balaban J connectivity index is 1.47. The lowest BCUT2D eigenvalue weighted by Crippen LogP contribution is -2.40. The molecule has 2 amide bonds. The van der Waals surface area contributed by atoms with Crippen LogP contribution in [-0.4, -0.2) is 54.4 Å². The molecule has 4 N–H and O–H groups in total. The van der Waals surface area contributed by atoms with E-state index in [1.165, 1.54) is 25.7 Å². The van der Waals surface area contributed by atoms with Gasteiger partial charge < -0.3 is 24.8 Å². The van der Waals surface area contributed by atoms with Crippen molar-refractivity contribution < 1.29 is 23.8 Å². The zero-order valence-electron chi connectivity index (χ0n) is 28.1. The van der Waals surface area contributed by atoms with Crippen molar-refractivity contribution in [3.05, 3.63) is 87.3 Å². The summed E-state index contributed by atoms with van der Waals surface area (Å²) in [4.78, 5) is 44.1. The molecular formula is C36H42N6O6. The fourth-order valence-electron chi connectivity index (χ4n) is 6.09. The van der Waals surface area contributed by atoms with Gasteiger partial charge in [0.25, 0.3) is 0 Å². The van der Waals surface area contributed by atoms with E-state index in [0.717, 1.165) is 17.5 Å². The van der Waals surface area contributed by atoms with E-state index in [-0.39, 0.29) is 34.8 Å². The monoisotopic (exact) mass is 654 g/mol. The Hall–Kier alpha value is -5.39. The summed E-state index contributed by atoms with van der Waals surface area (Å²) in [6, 6.07) is 15.7. The third-order valence-corrected chi connectivity index (χ3v) is 8.44. The highest BCUT2D eigenvalue weighted by molar-refractivity contribution is 5.95. The van der Waals surface area contributed by atoms with Crippen molar-refractivity contribution in [3.63, 3.8) is 0 Å². The molecule has 0 unspecified atom stereocenters. The molecule has 4 aromatic rings. The van der Waals surface area contributed by atoms with Crippen molar-refractivity contribution in [3.8, 4) is 28.4 Å². The molecule has 1 aromatic heterocycles. The summed E-state index contributed by atoms with van der Waals surface area (Å²) in [5, 5.41) is 16.0. The van der Waals surface area contributed by atoms with Gasteiger partial charge >= 0.3 is 0 Å². The molecule has 1 aliphatic carbocycles. The van der Waals surface area contributed by atoms with Gasteiger partial charge in [-0.1, -0.05) is 50.2 Å². The van der Waals surface area contributed by atoms with Gasteiger partial charge in [-0.05, 0) is 65.6 Å². The van der Waals surface area contributed by atoms with Crippen LogP contribution in [-0.2, 0) is 28.9 Å². The second kappa shape index (κ2) is 15.0. The molecule has 2 atom stereocenters. The van der Waals surface area contributed by atoms with Crippen LogP contribution in [0.1, 0.15) is 55.7 Å². The van der Waals surface area contributed by atoms with Crippen LogP contribution in [0.4, 0.5) is 11.6 Å². The maximum absolute atomic E-state index is 13.8. The first-order chi connectivity index (χ1) is 23.1. The standard InChI is InChI=1S/C36H42N6O6/c1-20(2)32(35(45)40-36-39-30(41-42-36)17-12-22-10-8-7-9-11-22)38-27-16-14-24-25(19-28(27)44)26(37-21(3)43)15-13-23-18-29(46-4)33(47-5)34(48-6)31(23)24/h7-11,14,16,18-20,26,32H,12-13,15,17H2,1-6H3,(H,37,43)(H,38,44)(H2,39,40,41,42,45)/t26-,32+/m1/s1. The zero-order chi connectivity index (χ0) is 34.4. The Morgan fingerprint density at radius 3 is 2.40 bits per heavy atom. The predicted molar refractivity (Wildman–Crippen MR) is 184 cm³/mol. The van der Waals surface area contributed by atoms with Gasteiger partial charge in [-0.2, -0.15) is 4.98 Å². The highest BCUT2D eigenvalue weighted by atomic mass is 16.5. The quantitative estimate of drug-likeness (QED) is 0.168. The largest absolute Gasteiger partial charge is 0.493 e. The first-order valence-corrected chi connectivity index (χ1v) is 15.9. The van der Waals surface area contributed by atoms with Crippen LogP contribution in [0.25, 0.3) is 11.1 Å². The number of aromatic amines is 1. The fraction of sp³-hybridized carbons (Fsp3) is 0.361. The average Bonchev–Trinajstić information content (AvgIpc) is 3.39. The molecule has 12 nitrogen and oxygen atoms in total. The van der Waals surface area contributed by atoms with Gasteiger partial charge in [-0.25, -0.2) is 0 Å². The Kier molecular flexibility index (Phi) is 10.6. The number of H-pyrrole nitrogens is 1. The predicted octanol–water partition coefficient (Wildman–Crippen LogP) is 4.84. The number of nitrogens with zero attached hydrogens (tertiary/aromatic N) is 2. The Bertz CT molecular complexity index is 1840. The van der Waals surface area contributed by atoms with E-state index in [0.29, 0.717) is 53.5 Å². The summed E-state index contributed by atoms with van der Waals surface area (Å²) in [6.45, 7) is 5.22. The van der Waals surface area contributed by atoms with E-state index in [4.69, 9.17) is 14.2 Å². The molecule has 252 valence electrons. The van der Waals surface area contributed by atoms with Crippen molar-refractivity contribution in [2.75, 3.05) is 32.0 Å². The van der Waals surface area contributed by atoms with Crippen LogP contribution in [0.5, 0.6) is 17.2 Å². The molecule has 0 saturated carbocycles. The number of methoxy groups -OCH3 is 3. The number of rotatable bonds is 12. The number of ether oxygens (including phenoxy) is 3. The Labute approximate surface area is 279 Å². The van der Waals surface area contributed by atoms with E-state index in [2.05, 4.69) is 31.1 Å². The number of amides is 2. The molecule has 0 saturated heterocycles. The summed E-state index contributed by atoms with van der Waals surface area (Å²) in [6.07, 6.45) is 2.53. The lowest BCUT2D eigenvalue weighted by Gasteiger charge is -2.21. The molecule has 0 fully saturated rings. The van der Waals surface area contributed by atoms with Gasteiger partial charge in [0, 0.05) is 18.9 Å². The van der Waals surface area contributed by atoms with Crippen LogP contribution in [0.15, 0.2) is 59.4 Å². The van der Waals surface area contributed by atoms with Gasteiger partial charge in [0.1, 0.15) is 11.9 Å². The smallest absolute Gasteiger partial charge is 0.249 e. The number of hydrogen-bond donors (Lipinski definition) is 4. The molecule has 0 radical (unpaired) electrons. The number of nitrogens with one attached hydrogen (secondary N) is 4. The molecular weight excluding hydrogens is 612 g/mol. The molecule has 1 aliphatic rings. The SMILES string of the molecule is COc1cc2c(c(OC)c1OC)-c1ccc(N[C@H](C(=O)Nc3n[nH]c(CCc4ccccc4)n3)C(C)C)c(=O)cc1[C@H](NC(C)=O)CC2. The van der Waals surface area contributed by atoms with Gasteiger partial charge in [0.2, 0.25) is 28.9 Å². The highest BCUT2D eigenvalue weighted by Crippen LogP contribution is 2.50. The van der Waals surface area contributed by atoms with E-state index in [1.807, 2.05) is 56.3 Å². The zero-order valence-corrected chi connectivity index (χ0v) is 28.1. The van der Waals surface area contributed by atoms with Crippen LogP contribution >= 0.6 is 0 Å². The summed E-state index contributed by atoms with van der Waals surface area (Å²) in [5.74, 6) is 1.40. The number of carbonyl (C=O) groups is 2. The second-order valence-electron chi connectivity index (χ2n) is 12.0. The highest BCUT2D eigenvalue weighted by Gasteiger charge is 2.30. The minimum atomic E-state index is -0.788. The summed E-state index contributed by atoms with van der Waals surface area (Å²) in [7, 11) is 4.65. The lowest BCUT2D eigenvalue weighted by atomic mass is 9.95. The molecule has 48 heavy (non-hydrogen) atoms. The number of anilines is 2. The number of carbonyl (C=O) groups excluding carboxylic acids is 2. The van der Waals surface area contributed by atoms with Gasteiger partial charge in [0.15, 0.2) is 11.5 Å². The Morgan fingerprint density at radius 2 is 1.73 bits per heavy atom. The average molecular weight is 655 g/mol. The van der Waals surface area contributed by atoms with Crippen LogP contribution in [0.2, 0.25) is 0 Å². The minimum Gasteiger partial charge on any atom is -0.493 e. The summed E-state index contributed by atoms with van der Waals surface area (Å²) >= 11 is 0. The minimum absolute atomic E-state index is 0.161. The number of hydrogen-bond acceptors (Lipinski definition) is 9. The first kappa shape index (κ1) is 34.0. The second-order valence-corrected chi connectivity index (χ2v) is 12.0. The van der Waals surface area contributed by atoms with Crippen LogP contribution in [0, 0.1) is 5.92 Å². The van der Waals surface area contributed by atoms with Gasteiger partial charge in [-0.15, -0.1) is 5.10 Å². The van der Waals surface area contributed by atoms with Gasteiger partial charge in [0.05, 0.1) is 33.1 Å².